The van der Waals surface area contributed by atoms with Crippen molar-refractivity contribution < 1.29 is 28.4 Å². The molecule has 3 atom stereocenters. The lowest BCUT2D eigenvalue weighted by Gasteiger charge is -2.29. The molecule has 3 rings (SSSR count). The van der Waals surface area contributed by atoms with Crippen LogP contribution in [-0.2, 0) is 18.5 Å². The van der Waals surface area contributed by atoms with E-state index in [-0.39, 0.29) is 30.3 Å². The number of aromatic hydroxyl groups is 1. The second kappa shape index (κ2) is 9.20. The maximum absolute atomic E-state index is 13.7. The van der Waals surface area contributed by atoms with Gasteiger partial charge in [-0.3, -0.25) is 14.2 Å². The number of hydrogen-bond donors (Lipinski definition) is 1. The van der Waals surface area contributed by atoms with E-state index in [1.54, 1.807) is 39.1 Å². The number of rotatable bonds is 8. The van der Waals surface area contributed by atoms with Gasteiger partial charge in [-0.15, -0.1) is 0 Å². The van der Waals surface area contributed by atoms with Crippen LogP contribution in [0.25, 0.3) is 0 Å². The van der Waals surface area contributed by atoms with Gasteiger partial charge in [0.15, 0.2) is 5.78 Å². The van der Waals surface area contributed by atoms with Crippen LogP contribution in [0.2, 0.25) is 0 Å². The van der Waals surface area contributed by atoms with Crippen molar-refractivity contribution in [3.63, 3.8) is 0 Å². The topological polar surface area (TPSA) is 85.3 Å². The summed E-state index contributed by atoms with van der Waals surface area (Å²) >= 11 is 0. The Kier molecular flexibility index (Phi) is 6.88. The third-order valence-corrected chi connectivity index (χ3v) is 7.37. The molecule has 1 saturated heterocycles. The Labute approximate surface area is 170 Å². The Hall–Kier alpha value is -2.02. The van der Waals surface area contributed by atoms with E-state index in [0.29, 0.717) is 0 Å². The Morgan fingerprint density at radius 2 is 1.66 bits per heavy atom. The van der Waals surface area contributed by atoms with Crippen molar-refractivity contribution in [1.82, 2.24) is 5.06 Å². The minimum atomic E-state index is -3.73. The van der Waals surface area contributed by atoms with Crippen molar-refractivity contribution >= 4 is 13.4 Å². The van der Waals surface area contributed by atoms with Crippen LogP contribution in [0.15, 0.2) is 54.6 Å². The zero-order valence-electron chi connectivity index (χ0n) is 16.7. The van der Waals surface area contributed by atoms with Crippen molar-refractivity contribution in [3.05, 3.63) is 65.7 Å². The molecule has 8 heteroatoms. The molecular formula is C21H26NO6P. The van der Waals surface area contributed by atoms with Crippen LogP contribution >= 0.6 is 7.60 Å². The van der Waals surface area contributed by atoms with Crippen LogP contribution in [0, 0.1) is 5.92 Å². The van der Waals surface area contributed by atoms with Crippen LogP contribution in [0.4, 0.5) is 0 Å². The third kappa shape index (κ3) is 4.29. The van der Waals surface area contributed by atoms with E-state index < -0.39 is 25.4 Å². The van der Waals surface area contributed by atoms with E-state index in [4.69, 9.17) is 13.9 Å². The number of hydrogen-bond acceptors (Lipinski definition) is 7. The smallest absolute Gasteiger partial charge is 0.350 e. The van der Waals surface area contributed by atoms with Gasteiger partial charge < -0.3 is 14.2 Å². The first-order valence-corrected chi connectivity index (χ1v) is 11.2. The highest BCUT2D eigenvalue weighted by Crippen LogP contribution is 2.62. The summed E-state index contributed by atoms with van der Waals surface area (Å²) in [6, 6.07) is 15.5. The predicted molar refractivity (Wildman–Crippen MR) is 109 cm³/mol. The monoisotopic (exact) mass is 419 g/mol. The number of carbonyl (C=O) groups excluding carboxylic acids is 1. The van der Waals surface area contributed by atoms with Crippen LogP contribution in [0.3, 0.4) is 0 Å². The maximum Gasteiger partial charge on any atom is 0.350 e. The molecule has 29 heavy (non-hydrogen) atoms. The van der Waals surface area contributed by atoms with Gasteiger partial charge in [0.1, 0.15) is 17.6 Å². The van der Waals surface area contributed by atoms with Gasteiger partial charge in [0, 0.05) is 7.05 Å². The number of phenols is 1. The standard InChI is InChI=1S/C21H26NO6P/c1-4-26-29(25,27-5-2)21-18(19(24)16-13-9-10-14-17(16)23)20(28-22(21)3)15-11-7-6-8-12-15/h6-14,18,20-21,23H,4-5H2,1-3H3/t18-,20-,21-/m1/s1. The fourth-order valence-corrected chi connectivity index (χ4v) is 5.92. The van der Waals surface area contributed by atoms with Gasteiger partial charge in [-0.2, -0.15) is 5.06 Å². The van der Waals surface area contributed by atoms with E-state index in [1.807, 2.05) is 30.3 Å². The van der Waals surface area contributed by atoms with E-state index in [1.165, 1.54) is 11.1 Å². The molecule has 1 fully saturated rings. The highest BCUT2D eigenvalue weighted by molar-refractivity contribution is 7.54. The summed E-state index contributed by atoms with van der Waals surface area (Å²) in [6.45, 7) is 3.76. The molecule has 0 unspecified atom stereocenters. The zero-order valence-corrected chi connectivity index (χ0v) is 17.6. The first-order valence-electron chi connectivity index (χ1n) is 9.58. The molecule has 0 aliphatic carbocycles. The predicted octanol–water partition coefficient (Wildman–Crippen LogP) is 4.40. The largest absolute Gasteiger partial charge is 0.507 e. The fourth-order valence-electron chi connectivity index (χ4n) is 3.68. The summed E-state index contributed by atoms with van der Waals surface area (Å²) in [5.74, 6) is -2.38. The molecule has 2 aromatic carbocycles. The number of Topliss-reactive ketones (excluding diaryl/α,β-unsaturated/α-hetero) is 1. The minimum absolute atomic E-state index is 0.139. The van der Waals surface area contributed by atoms with Crippen molar-refractivity contribution in [3.8, 4) is 5.75 Å². The quantitative estimate of drug-likeness (QED) is 0.501. The zero-order chi connectivity index (χ0) is 21.0. The molecule has 0 spiro atoms. The third-order valence-electron chi connectivity index (χ3n) is 4.84. The molecule has 2 aromatic rings. The van der Waals surface area contributed by atoms with Gasteiger partial charge >= 0.3 is 7.60 Å². The highest BCUT2D eigenvalue weighted by atomic mass is 31.2. The second-order valence-corrected chi connectivity index (χ2v) is 8.80. The van der Waals surface area contributed by atoms with E-state index >= 15 is 0 Å². The molecule has 0 aromatic heterocycles. The summed E-state index contributed by atoms with van der Waals surface area (Å²) in [5.41, 5.74) is 0.900. The first-order chi connectivity index (χ1) is 13.9. The fraction of sp³-hybridized carbons (Fsp3) is 0.381. The Morgan fingerprint density at radius 1 is 1.07 bits per heavy atom. The van der Waals surface area contributed by atoms with Gasteiger partial charge in [0.05, 0.1) is 24.7 Å². The van der Waals surface area contributed by atoms with E-state index in [0.717, 1.165) is 5.56 Å². The lowest BCUT2D eigenvalue weighted by atomic mass is 9.88. The summed E-state index contributed by atoms with van der Waals surface area (Å²) in [7, 11) is -2.11. The lowest BCUT2D eigenvalue weighted by Crippen LogP contribution is -2.35. The average Bonchev–Trinajstić information content (AvgIpc) is 3.07. The van der Waals surface area contributed by atoms with Gasteiger partial charge in [0.25, 0.3) is 0 Å². The van der Waals surface area contributed by atoms with Crippen LogP contribution in [0.5, 0.6) is 5.75 Å². The minimum Gasteiger partial charge on any atom is -0.507 e. The van der Waals surface area contributed by atoms with Crippen molar-refractivity contribution in [2.24, 2.45) is 5.92 Å². The van der Waals surface area contributed by atoms with Crippen LogP contribution < -0.4 is 0 Å². The SMILES string of the molecule is CCOP(=O)(OCC)[C@@H]1[C@H](C(=O)c2ccccc2O)[C@@H](c2ccccc2)ON1C. The molecule has 0 saturated carbocycles. The number of para-hydroxylation sites is 1. The number of nitrogens with zero attached hydrogens (tertiary/aromatic N) is 1. The average molecular weight is 419 g/mol. The number of hydroxylamine groups is 2. The summed E-state index contributed by atoms with van der Waals surface area (Å²) in [6.07, 6.45) is -0.701. The molecular weight excluding hydrogens is 393 g/mol. The van der Waals surface area contributed by atoms with E-state index in [2.05, 4.69) is 0 Å². The molecule has 1 heterocycles. The van der Waals surface area contributed by atoms with Gasteiger partial charge in [-0.1, -0.05) is 42.5 Å². The van der Waals surface area contributed by atoms with Crippen molar-refractivity contribution in [2.75, 3.05) is 20.3 Å². The summed E-state index contributed by atoms with van der Waals surface area (Å²) in [4.78, 5) is 19.6. The summed E-state index contributed by atoms with van der Waals surface area (Å²) < 4.78 is 24.8. The lowest BCUT2D eigenvalue weighted by molar-refractivity contribution is -0.137. The van der Waals surface area contributed by atoms with Gasteiger partial charge in [-0.05, 0) is 31.5 Å². The molecule has 7 nitrogen and oxygen atoms in total. The number of phenolic OH excluding ortho intramolecular Hbond substituents is 1. The normalized spacial score (nSPS) is 22.7. The maximum atomic E-state index is 13.7. The Morgan fingerprint density at radius 3 is 2.24 bits per heavy atom. The van der Waals surface area contributed by atoms with Crippen LogP contribution in [-0.4, -0.2) is 42.0 Å². The summed E-state index contributed by atoms with van der Waals surface area (Å²) in [5, 5.41) is 11.6. The number of benzene rings is 2. The molecule has 1 N–H and O–H groups in total. The van der Waals surface area contributed by atoms with Crippen LogP contribution in [0.1, 0.15) is 35.9 Å². The molecule has 156 valence electrons. The van der Waals surface area contributed by atoms with Crippen molar-refractivity contribution in [1.29, 1.82) is 0 Å². The molecule has 0 amide bonds. The highest BCUT2D eigenvalue weighted by Gasteiger charge is 2.56. The van der Waals surface area contributed by atoms with Gasteiger partial charge in [-0.25, -0.2) is 0 Å². The van der Waals surface area contributed by atoms with Gasteiger partial charge in [0.2, 0.25) is 0 Å². The molecule has 1 aliphatic heterocycles. The molecule has 1 aliphatic rings. The number of ketones is 1. The first kappa shape index (κ1) is 21.7. The Balaban J connectivity index is 2.12. The molecule has 0 bridgehead atoms. The second-order valence-electron chi connectivity index (χ2n) is 6.68. The van der Waals surface area contributed by atoms with Crippen molar-refractivity contribution in [2.45, 2.75) is 25.7 Å². The molecule has 0 radical (unpaired) electrons. The number of carbonyl (C=O) groups is 1. The van der Waals surface area contributed by atoms with E-state index in [9.17, 15) is 14.5 Å². The Bertz CT molecular complexity index is 880.